The van der Waals surface area contributed by atoms with Crippen LogP contribution < -0.4 is 4.74 Å². The normalized spacial score (nSPS) is 25.4. The molecule has 2 atom stereocenters. The first-order valence-electron chi connectivity index (χ1n) is 7.71. The molecular formula is C17H23NO3. The second-order valence-corrected chi connectivity index (χ2v) is 6.27. The Morgan fingerprint density at radius 1 is 1.48 bits per heavy atom. The van der Waals surface area contributed by atoms with Crippen molar-refractivity contribution in [1.29, 1.82) is 0 Å². The molecule has 1 aliphatic carbocycles. The molecule has 1 saturated heterocycles. The average Bonchev–Trinajstić information content (AvgIpc) is 2.47. The van der Waals surface area contributed by atoms with E-state index >= 15 is 0 Å². The van der Waals surface area contributed by atoms with E-state index in [-0.39, 0.29) is 11.5 Å². The topological polar surface area (TPSA) is 49.8 Å². The van der Waals surface area contributed by atoms with Gasteiger partial charge in [0.15, 0.2) is 5.78 Å². The Bertz CT molecular complexity index is 582. The molecule has 1 N–H and O–H groups in total. The van der Waals surface area contributed by atoms with Gasteiger partial charge in [-0.1, -0.05) is 6.92 Å². The van der Waals surface area contributed by atoms with Gasteiger partial charge in [0, 0.05) is 24.4 Å². The highest BCUT2D eigenvalue weighted by Crippen LogP contribution is 2.47. The van der Waals surface area contributed by atoms with Gasteiger partial charge >= 0.3 is 0 Å². The highest BCUT2D eigenvalue weighted by Gasteiger charge is 2.39. The number of likely N-dealkylation sites (N-methyl/N-ethyl adjacent to an activating group) is 1. The summed E-state index contributed by atoms with van der Waals surface area (Å²) in [6.45, 7) is 3.95. The maximum absolute atomic E-state index is 12.5. The summed E-state index contributed by atoms with van der Waals surface area (Å²) in [4.78, 5) is 14.8. The number of benzene rings is 1. The van der Waals surface area contributed by atoms with Gasteiger partial charge in [-0.3, -0.25) is 4.79 Å². The number of phenolic OH excluding ortho intramolecular Hbond substituents is 1. The van der Waals surface area contributed by atoms with Crippen molar-refractivity contribution in [2.45, 2.75) is 32.1 Å². The first-order valence-corrected chi connectivity index (χ1v) is 7.71. The van der Waals surface area contributed by atoms with E-state index in [0.717, 1.165) is 30.6 Å². The van der Waals surface area contributed by atoms with E-state index in [1.54, 1.807) is 7.11 Å². The maximum Gasteiger partial charge on any atom is 0.167 e. The molecule has 4 nitrogen and oxygen atoms in total. The van der Waals surface area contributed by atoms with Crippen molar-refractivity contribution in [3.63, 3.8) is 0 Å². The molecule has 0 bridgehead atoms. The standard InChI is InChI=1S/C17H23NO3/c1-4-11-15(21-3)8-12-13-9-18(2)6-5-10(13)7-14(19)16(12)17(11)20/h8,10,13,20H,4-7,9H2,1-3H3/t10-,13+/m1/s1. The minimum Gasteiger partial charge on any atom is -0.507 e. The van der Waals surface area contributed by atoms with Crippen molar-refractivity contribution in [3.05, 3.63) is 22.8 Å². The largest absolute Gasteiger partial charge is 0.507 e. The minimum atomic E-state index is 0.0886. The number of phenols is 1. The third kappa shape index (κ3) is 2.22. The maximum atomic E-state index is 12.5. The van der Waals surface area contributed by atoms with Gasteiger partial charge in [-0.05, 0) is 44.0 Å². The quantitative estimate of drug-likeness (QED) is 0.909. The number of hydrogen-bond donors (Lipinski definition) is 1. The van der Waals surface area contributed by atoms with E-state index in [1.807, 2.05) is 13.0 Å². The molecule has 1 aliphatic heterocycles. The van der Waals surface area contributed by atoms with Gasteiger partial charge in [-0.15, -0.1) is 0 Å². The number of nitrogens with zero attached hydrogens (tertiary/aromatic N) is 1. The summed E-state index contributed by atoms with van der Waals surface area (Å²) >= 11 is 0. The SMILES string of the molecule is CCc1c(OC)cc2c(c1O)C(=O)C[C@H]1CCN(C)C[C@H]21. The summed E-state index contributed by atoms with van der Waals surface area (Å²) in [6, 6.07) is 1.99. The number of carbonyl (C=O) groups is 1. The monoisotopic (exact) mass is 289 g/mol. The Morgan fingerprint density at radius 2 is 2.24 bits per heavy atom. The minimum absolute atomic E-state index is 0.0886. The van der Waals surface area contributed by atoms with Gasteiger partial charge < -0.3 is 14.7 Å². The number of fused-ring (bicyclic) bond motifs is 3. The zero-order chi connectivity index (χ0) is 15.1. The molecule has 0 radical (unpaired) electrons. The molecule has 0 unspecified atom stereocenters. The zero-order valence-corrected chi connectivity index (χ0v) is 13.0. The summed E-state index contributed by atoms with van der Waals surface area (Å²) in [5, 5.41) is 10.6. The molecule has 0 saturated carbocycles. The first-order chi connectivity index (χ1) is 10.1. The molecule has 1 aromatic rings. The Kier molecular flexibility index (Phi) is 3.66. The predicted molar refractivity (Wildman–Crippen MR) is 81.3 cm³/mol. The molecule has 0 amide bonds. The van der Waals surface area contributed by atoms with Crippen LogP contribution in [0.2, 0.25) is 0 Å². The lowest BCUT2D eigenvalue weighted by molar-refractivity contribution is 0.0883. The van der Waals surface area contributed by atoms with E-state index in [2.05, 4.69) is 11.9 Å². The molecule has 1 fully saturated rings. The highest BCUT2D eigenvalue weighted by molar-refractivity contribution is 6.02. The fourth-order valence-corrected chi connectivity index (χ4v) is 3.91. The second-order valence-electron chi connectivity index (χ2n) is 6.27. The Labute approximate surface area is 125 Å². The number of rotatable bonds is 2. The van der Waals surface area contributed by atoms with E-state index in [1.165, 1.54) is 0 Å². The summed E-state index contributed by atoms with van der Waals surface area (Å²) < 4.78 is 5.44. The molecule has 0 spiro atoms. The molecule has 21 heavy (non-hydrogen) atoms. The smallest absolute Gasteiger partial charge is 0.167 e. The summed E-state index contributed by atoms with van der Waals surface area (Å²) in [5.41, 5.74) is 2.27. The van der Waals surface area contributed by atoms with Crippen molar-refractivity contribution < 1.29 is 14.6 Å². The lowest BCUT2D eigenvalue weighted by Crippen LogP contribution is -2.40. The summed E-state index contributed by atoms with van der Waals surface area (Å²) in [5.74, 6) is 1.66. The van der Waals surface area contributed by atoms with Crippen molar-refractivity contribution in [2.75, 3.05) is 27.2 Å². The Balaban J connectivity index is 2.16. The molecular weight excluding hydrogens is 266 g/mol. The lowest BCUT2D eigenvalue weighted by atomic mass is 9.70. The molecule has 4 heteroatoms. The van der Waals surface area contributed by atoms with Crippen molar-refractivity contribution in [2.24, 2.45) is 5.92 Å². The fourth-order valence-electron chi connectivity index (χ4n) is 3.91. The van der Waals surface area contributed by atoms with Crippen LogP contribution in [0.15, 0.2) is 6.07 Å². The van der Waals surface area contributed by atoms with E-state index < -0.39 is 0 Å². The van der Waals surface area contributed by atoms with E-state index in [4.69, 9.17) is 4.74 Å². The van der Waals surface area contributed by atoms with Crippen LogP contribution in [0.25, 0.3) is 0 Å². The number of carbonyl (C=O) groups excluding carboxylic acids is 1. The van der Waals surface area contributed by atoms with Gasteiger partial charge in [-0.25, -0.2) is 0 Å². The van der Waals surface area contributed by atoms with Crippen LogP contribution >= 0.6 is 0 Å². The number of Topliss-reactive ketones (excluding diaryl/α,β-unsaturated/α-hetero) is 1. The first kappa shape index (κ1) is 14.4. The number of methoxy groups -OCH3 is 1. The van der Waals surface area contributed by atoms with Gasteiger partial charge in [0.25, 0.3) is 0 Å². The molecule has 3 rings (SSSR count). The third-order valence-corrected chi connectivity index (χ3v) is 5.05. The zero-order valence-electron chi connectivity index (χ0n) is 13.0. The lowest BCUT2D eigenvalue weighted by Gasteiger charge is -2.40. The molecule has 0 aromatic heterocycles. The van der Waals surface area contributed by atoms with Crippen LogP contribution in [0, 0.1) is 5.92 Å². The number of hydrogen-bond acceptors (Lipinski definition) is 4. The van der Waals surface area contributed by atoms with Crippen LogP contribution in [0.4, 0.5) is 0 Å². The van der Waals surface area contributed by atoms with Crippen LogP contribution in [0.3, 0.4) is 0 Å². The number of piperidine rings is 1. The van der Waals surface area contributed by atoms with Gasteiger partial charge in [0.1, 0.15) is 11.5 Å². The van der Waals surface area contributed by atoms with Crippen molar-refractivity contribution in [1.82, 2.24) is 4.90 Å². The Morgan fingerprint density at radius 3 is 2.90 bits per heavy atom. The van der Waals surface area contributed by atoms with Gasteiger partial charge in [0.05, 0.1) is 12.7 Å². The highest BCUT2D eigenvalue weighted by atomic mass is 16.5. The molecule has 1 aromatic carbocycles. The fraction of sp³-hybridized carbons (Fsp3) is 0.588. The summed E-state index contributed by atoms with van der Waals surface area (Å²) in [6.07, 6.45) is 2.27. The van der Waals surface area contributed by atoms with Crippen molar-refractivity contribution >= 4 is 5.78 Å². The third-order valence-electron chi connectivity index (χ3n) is 5.05. The van der Waals surface area contributed by atoms with Crippen LogP contribution in [-0.4, -0.2) is 43.0 Å². The van der Waals surface area contributed by atoms with E-state index in [0.29, 0.717) is 36.0 Å². The van der Waals surface area contributed by atoms with Crippen LogP contribution in [-0.2, 0) is 6.42 Å². The number of aromatic hydroxyl groups is 1. The molecule has 1 heterocycles. The molecule has 114 valence electrons. The second kappa shape index (κ2) is 5.34. The number of ether oxygens (including phenoxy) is 1. The van der Waals surface area contributed by atoms with Crippen LogP contribution in [0.5, 0.6) is 11.5 Å². The number of likely N-dealkylation sites (tertiary alicyclic amines) is 1. The Hall–Kier alpha value is -1.55. The molecule has 2 aliphatic rings. The number of ketones is 1. The average molecular weight is 289 g/mol. The predicted octanol–water partition coefficient (Wildman–Crippen LogP) is 2.58. The summed E-state index contributed by atoms with van der Waals surface area (Å²) in [7, 11) is 3.74. The van der Waals surface area contributed by atoms with E-state index in [9.17, 15) is 9.90 Å². The van der Waals surface area contributed by atoms with Gasteiger partial charge in [-0.2, -0.15) is 0 Å². The van der Waals surface area contributed by atoms with Crippen molar-refractivity contribution in [3.8, 4) is 11.5 Å². The van der Waals surface area contributed by atoms with Gasteiger partial charge in [0.2, 0.25) is 0 Å². The van der Waals surface area contributed by atoms with Crippen LogP contribution in [0.1, 0.15) is 47.2 Å².